The van der Waals surface area contributed by atoms with Gasteiger partial charge < -0.3 is 19.7 Å². The Morgan fingerprint density at radius 3 is 2.52 bits per heavy atom. The van der Waals surface area contributed by atoms with Gasteiger partial charge in [0.15, 0.2) is 11.5 Å². The van der Waals surface area contributed by atoms with Crippen LogP contribution in [0.1, 0.15) is 15.9 Å². The maximum absolute atomic E-state index is 13.6. The Kier molecular flexibility index (Phi) is 6.58. The van der Waals surface area contributed by atoms with Gasteiger partial charge in [0.1, 0.15) is 11.9 Å². The van der Waals surface area contributed by atoms with Gasteiger partial charge in [-0.25, -0.2) is 4.39 Å². The number of carbonyl (C=O) groups excluding carboxylic acids is 2. The van der Waals surface area contributed by atoms with Gasteiger partial charge in [-0.1, -0.05) is 42.5 Å². The van der Waals surface area contributed by atoms with Crippen molar-refractivity contribution in [2.24, 2.45) is 0 Å². The number of hydrogen-bond donors (Lipinski definition) is 1. The lowest BCUT2D eigenvalue weighted by Gasteiger charge is -2.36. The molecule has 3 aromatic carbocycles. The van der Waals surface area contributed by atoms with E-state index in [-0.39, 0.29) is 17.6 Å². The van der Waals surface area contributed by atoms with E-state index in [9.17, 15) is 14.0 Å². The summed E-state index contributed by atoms with van der Waals surface area (Å²) in [4.78, 5) is 28.0. The van der Waals surface area contributed by atoms with Crippen molar-refractivity contribution >= 4 is 11.8 Å². The normalized spacial score (nSPS) is 15.7. The van der Waals surface area contributed by atoms with E-state index in [4.69, 9.17) is 9.47 Å². The van der Waals surface area contributed by atoms with E-state index in [2.05, 4.69) is 5.32 Å². The smallest absolute Gasteiger partial charge is 0.258 e. The van der Waals surface area contributed by atoms with Crippen LogP contribution < -0.4 is 14.8 Å². The van der Waals surface area contributed by atoms with Crippen molar-refractivity contribution in [3.05, 3.63) is 83.7 Å². The fourth-order valence-corrected chi connectivity index (χ4v) is 4.19. The average molecular weight is 448 g/mol. The number of ether oxygens (including phenoxy) is 2. The van der Waals surface area contributed by atoms with E-state index in [1.165, 1.54) is 26.4 Å². The Morgan fingerprint density at radius 1 is 1.03 bits per heavy atom. The minimum absolute atomic E-state index is 0.217. The number of rotatable bonds is 6. The number of carbonyl (C=O) groups is 2. The van der Waals surface area contributed by atoms with Crippen molar-refractivity contribution < 1.29 is 23.5 Å². The van der Waals surface area contributed by atoms with Crippen LogP contribution in [0.2, 0.25) is 0 Å². The Labute approximate surface area is 191 Å². The standard InChI is InChI=1S/C26H25FN2O4/c1-32-23-9-5-8-21(24(23)33-2)26(31)29-15-14-28-25(30)22(29)16-18-6-3-4-7-20(18)17-10-12-19(27)13-11-17/h3-13,22H,14-16H2,1-2H3,(H,28,30)/t22-/m1/s1. The average Bonchev–Trinajstić information content (AvgIpc) is 2.85. The molecule has 1 heterocycles. The first kappa shape index (κ1) is 22.3. The van der Waals surface area contributed by atoms with Gasteiger partial charge in [-0.3, -0.25) is 9.59 Å². The largest absolute Gasteiger partial charge is 0.493 e. The molecule has 4 rings (SSSR count). The third-order valence-corrected chi connectivity index (χ3v) is 5.81. The number of halogens is 1. The first-order valence-corrected chi connectivity index (χ1v) is 10.7. The molecule has 0 unspecified atom stereocenters. The number of nitrogens with zero attached hydrogens (tertiary/aromatic N) is 1. The van der Waals surface area contributed by atoms with Gasteiger partial charge in [-0.15, -0.1) is 0 Å². The Hall–Kier alpha value is -3.87. The van der Waals surface area contributed by atoms with E-state index in [1.54, 1.807) is 35.2 Å². The number of piperazine rings is 1. The van der Waals surface area contributed by atoms with Crippen LogP contribution in [-0.4, -0.2) is 50.1 Å². The number of methoxy groups -OCH3 is 2. The molecule has 170 valence electrons. The van der Waals surface area contributed by atoms with Crippen LogP contribution in [0.3, 0.4) is 0 Å². The lowest BCUT2D eigenvalue weighted by Crippen LogP contribution is -2.58. The molecular formula is C26H25FN2O4. The highest BCUT2D eigenvalue weighted by Crippen LogP contribution is 2.33. The van der Waals surface area contributed by atoms with Crippen LogP contribution in [0.15, 0.2) is 66.7 Å². The molecule has 2 amide bonds. The molecule has 0 bridgehead atoms. The molecule has 0 aliphatic carbocycles. The maximum Gasteiger partial charge on any atom is 0.258 e. The summed E-state index contributed by atoms with van der Waals surface area (Å²) in [5.41, 5.74) is 2.96. The highest BCUT2D eigenvalue weighted by atomic mass is 19.1. The summed E-state index contributed by atoms with van der Waals surface area (Å²) in [6.07, 6.45) is 0.317. The molecule has 0 radical (unpaired) electrons. The predicted molar refractivity (Wildman–Crippen MR) is 123 cm³/mol. The topological polar surface area (TPSA) is 67.9 Å². The second-order valence-electron chi connectivity index (χ2n) is 7.71. The van der Waals surface area contributed by atoms with Crippen molar-refractivity contribution in [2.75, 3.05) is 27.3 Å². The summed E-state index contributed by atoms with van der Waals surface area (Å²) in [7, 11) is 2.99. The zero-order valence-corrected chi connectivity index (χ0v) is 18.5. The van der Waals surface area contributed by atoms with Gasteiger partial charge in [-0.05, 0) is 41.0 Å². The van der Waals surface area contributed by atoms with E-state index in [0.29, 0.717) is 36.6 Å². The molecule has 1 aliphatic heterocycles. The molecule has 1 saturated heterocycles. The fourth-order valence-electron chi connectivity index (χ4n) is 4.19. The summed E-state index contributed by atoms with van der Waals surface area (Å²) in [5, 5.41) is 2.87. The molecule has 0 spiro atoms. The second-order valence-corrected chi connectivity index (χ2v) is 7.71. The van der Waals surface area contributed by atoms with Gasteiger partial charge in [0.2, 0.25) is 5.91 Å². The van der Waals surface area contributed by atoms with Crippen molar-refractivity contribution in [3.63, 3.8) is 0 Å². The Balaban J connectivity index is 1.68. The van der Waals surface area contributed by atoms with Crippen molar-refractivity contribution in [3.8, 4) is 22.6 Å². The minimum atomic E-state index is -0.705. The van der Waals surface area contributed by atoms with E-state index >= 15 is 0 Å². The molecular weight excluding hydrogens is 423 g/mol. The maximum atomic E-state index is 13.6. The monoisotopic (exact) mass is 448 g/mol. The molecule has 33 heavy (non-hydrogen) atoms. The first-order valence-electron chi connectivity index (χ1n) is 10.7. The lowest BCUT2D eigenvalue weighted by atomic mass is 9.93. The summed E-state index contributed by atoms with van der Waals surface area (Å²) in [6.45, 7) is 0.737. The van der Waals surface area contributed by atoms with Gasteiger partial charge in [0.05, 0.1) is 19.8 Å². The molecule has 0 saturated carbocycles. The van der Waals surface area contributed by atoms with Crippen molar-refractivity contribution in [1.82, 2.24) is 10.2 Å². The highest BCUT2D eigenvalue weighted by molar-refractivity contribution is 6.01. The van der Waals surface area contributed by atoms with E-state index in [1.807, 2.05) is 24.3 Å². The van der Waals surface area contributed by atoms with Crippen LogP contribution in [0.5, 0.6) is 11.5 Å². The van der Waals surface area contributed by atoms with Gasteiger partial charge in [0.25, 0.3) is 5.91 Å². The molecule has 6 nitrogen and oxygen atoms in total. The quantitative estimate of drug-likeness (QED) is 0.625. The Morgan fingerprint density at radius 2 is 1.79 bits per heavy atom. The molecule has 1 aliphatic rings. The molecule has 7 heteroatoms. The summed E-state index contributed by atoms with van der Waals surface area (Å²) < 4.78 is 24.2. The predicted octanol–water partition coefficient (Wildman–Crippen LogP) is 3.69. The van der Waals surface area contributed by atoms with Crippen LogP contribution in [-0.2, 0) is 11.2 Å². The van der Waals surface area contributed by atoms with Crippen molar-refractivity contribution in [1.29, 1.82) is 0 Å². The third-order valence-electron chi connectivity index (χ3n) is 5.81. The third kappa shape index (κ3) is 4.53. The number of hydrogen-bond acceptors (Lipinski definition) is 4. The molecule has 1 N–H and O–H groups in total. The lowest BCUT2D eigenvalue weighted by molar-refractivity contribution is -0.127. The van der Waals surface area contributed by atoms with Crippen LogP contribution in [0, 0.1) is 5.82 Å². The number of para-hydroxylation sites is 1. The molecule has 0 aromatic heterocycles. The van der Waals surface area contributed by atoms with E-state index in [0.717, 1.165) is 16.7 Å². The number of nitrogens with one attached hydrogen (secondary N) is 1. The van der Waals surface area contributed by atoms with Crippen LogP contribution in [0.4, 0.5) is 4.39 Å². The second kappa shape index (κ2) is 9.73. The summed E-state index contributed by atoms with van der Waals surface area (Å²) in [5.74, 6) is -0.0495. The first-order chi connectivity index (χ1) is 16.0. The van der Waals surface area contributed by atoms with Gasteiger partial charge in [-0.2, -0.15) is 0 Å². The number of benzene rings is 3. The zero-order valence-electron chi connectivity index (χ0n) is 18.5. The minimum Gasteiger partial charge on any atom is -0.493 e. The van der Waals surface area contributed by atoms with Crippen LogP contribution >= 0.6 is 0 Å². The SMILES string of the molecule is COc1cccc(C(=O)N2CCNC(=O)[C@H]2Cc2ccccc2-c2ccc(F)cc2)c1OC. The molecule has 3 aromatic rings. The highest BCUT2D eigenvalue weighted by Gasteiger charge is 2.35. The van der Waals surface area contributed by atoms with Crippen molar-refractivity contribution in [2.45, 2.75) is 12.5 Å². The molecule has 1 atom stereocenters. The Bertz CT molecular complexity index is 1160. The van der Waals surface area contributed by atoms with E-state index < -0.39 is 6.04 Å². The zero-order chi connectivity index (χ0) is 23.4. The fraction of sp³-hybridized carbons (Fsp3) is 0.231. The van der Waals surface area contributed by atoms with Crippen LogP contribution in [0.25, 0.3) is 11.1 Å². The van der Waals surface area contributed by atoms with Gasteiger partial charge in [0, 0.05) is 19.5 Å². The van der Waals surface area contributed by atoms with Gasteiger partial charge >= 0.3 is 0 Å². The number of amides is 2. The summed E-state index contributed by atoms with van der Waals surface area (Å²) in [6, 6.07) is 18.3. The summed E-state index contributed by atoms with van der Waals surface area (Å²) >= 11 is 0. The molecule has 1 fully saturated rings.